The van der Waals surface area contributed by atoms with Crippen molar-refractivity contribution < 1.29 is 9.59 Å². The van der Waals surface area contributed by atoms with Crippen LogP contribution in [-0.4, -0.2) is 16.9 Å². The Labute approximate surface area is 162 Å². The van der Waals surface area contributed by atoms with Crippen LogP contribution in [0.4, 0.5) is 5.69 Å². The summed E-state index contributed by atoms with van der Waals surface area (Å²) in [5.41, 5.74) is 6.64. The molecule has 2 aromatic carbocycles. The molecule has 0 radical (unpaired) electrons. The quantitative estimate of drug-likeness (QED) is 0.450. The van der Waals surface area contributed by atoms with Gasteiger partial charge in [-0.2, -0.15) is 0 Å². The Bertz CT molecular complexity index is 771. The van der Waals surface area contributed by atoms with E-state index in [-0.39, 0.29) is 24.7 Å². The number of hydrogen-bond acceptors (Lipinski definition) is 3. The van der Waals surface area contributed by atoms with Crippen molar-refractivity contribution in [3.63, 3.8) is 0 Å². The van der Waals surface area contributed by atoms with E-state index >= 15 is 0 Å². The van der Waals surface area contributed by atoms with Gasteiger partial charge in [-0.15, -0.1) is 0 Å². The summed E-state index contributed by atoms with van der Waals surface area (Å²) < 4.78 is 0. The van der Waals surface area contributed by atoms with Gasteiger partial charge in [0.25, 0.3) is 0 Å². The Balaban J connectivity index is 1.63. The standard InChI is InChI=1S/C18H19ClN4O2S/c19-14-8-4-5-9-15(14)21-16(24)10-11-17(25)22-23-18(26)20-12-13-6-2-1-3-7-13/h1-9H,10-12H2,(H,21,24)(H,22,25)(H2,20,23,26). The largest absolute Gasteiger partial charge is 0.357 e. The van der Waals surface area contributed by atoms with Crippen LogP contribution in [0.1, 0.15) is 18.4 Å². The highest BCUT2D eigenvalue weighted by atomic mass is 35.5. The van der Waals surface area contributed by atoms with Gasteiger partial charge in [-0.1, -0.05) is 54.1 Å². The molecule has 4 N–H and O–H groups in total. The molecule has 0 heterocycles. The lowest BCUT2D eigenvalue weighted by Gasteiger charge is -2.12. The van der Waals surface area contributed by atoms with Crippen LogP contribution in [0.25, 0.3) is 0 Å². The monoisotopic (exact) mass is 390 g/mol. The van der Waals surface area contributed by atoms with Crippen LogP contribution in [0.15, 0.2) is 54.6 Å². The van der Waals surface area contributed by atoms with Crippen LogP contribution in [-0.2, 0) is 16.1 Å². The molecule has 0 saturated heterocycles. The Morgan fingerprint density at radius 1 is 0.885 bits per heavy atom. The predicted octanol–water partition coefficient (Wildman–Crippen LogP) is 2.75. The highest BCUT2D eigenvalue weighted by Gasteiger charge is 2.09. The van der Waals surface area contributed by atoms with E-state index in [1.54, 1.807) is 24.3 Å². The van der Waals surface area contributed by atoms with E-state index in [0.29, 0.717) is 22.4 Å². The average Bonchev–Trinajstić information content (AvgIpc) is 2.65. The molecule has 0 saturated carbocycles. The van der Waals surface area contributed by atoms with E-state index in [9.17, 15) is 9.59 Å². The van der Waals surface area contributed by atoms with Crippen molar-refractivity contribution in [2.45, 2.75) is 19.4 Å². The average molecular weight is 391 g/mol. The number of nitrogens with one attached hydrogen (secondary N) is 4. The topological polar surface area (TPSA) is 82.3 Å². The minimum atomic E-state index is -0.344. The number of benzene rings is 2. The normalized spacial score (nSPS) is 9.88. The number of hydrazine groups is 1. The van der Waals surface area contributed by atoms with Gasteiger partial charge in [0.1, 0.15) is 0 Å². The third kappa shape index (κ3) is 7.08. The molecule has 0 unspecified atom stereocenters. The van der Waals surface area contributed by atoms with Gasteiger partial charge in [-0.25, -0.2) is 0 Å². The maximum atomic E-state index is 11.9. The van der Waals surface area contributed by atoms with Crippen LogP contribution < -0.4 is 21.5 Å². The fourth-order valence-electron chi connectivity index (χ4n) is 2.01. The second-order valence-electron chi connectivity index (χ2n) is 5.37. The van der Waals surface area contributed by atoms with Gasteiger partial charge in [-0.3, -0.25) is 20.4 Å². The van der Waals surface area contributed by atoms with Crippen LogP contribution in [0.5, 0.6) is 0 Å². The molecule has 0 spiro atoms. The summed E-state index contributed by atoms with van der Waals surface area (Å²) in [5, 5.41) is 6.37. The molecule has 0 atom stereocenters. The first-order valence-electron chi connectivity index (χ1n) is 7.95. The number of para-hydroxylation sites is 1. The van der Waals surface area contributed by atoms with E-state index in [1.807, 2.05) is 30.3 Å². The molecule has 2 rings (SSSR count). The molecule has 0 aromatic heterocycles. The number of rotatable bonds is 6. The zero-order chi connectivity index (χ0) is 18.8. The highest BCUT2D eigenvalue weighted by molar-refractivity contribution is 7.80. The van der Waals surface area contributed by atoms with Crippen LogP contribution in [0.3, 0.4) is 0 Å². The van der Waals surface area contributed by atoms with Gasteiger partial charge >= 0.3 is 0 Å². The van der Waals surface area contributed by atoms with Gasteiger partial charge in [0.15, 0.2) is 5.11 Å². The van der Waals surface area contributed by atoms with Gasteiger partial charge in [0, 0.05) is 19.4 Å². The number of anilines is 1. The molecular weight excluding hydrogens is 372 g/mol. The van der Waals surface area contributed by atoms with Gasteiger partial charge in [0.2, 0.25) is 11.8 Å². The molecule has 0 aliphatic carbocycles. The summed E-state index contributed by atoms with van der Waals surface area (Å²) in [6.07, 6.45) is 0.0491. The molecule has 0 aliphatic rings. The third-order valence-corrected chi connectivity index (χ3v) is 3.91. The molecular formula is C18H19ClN4O2S. The molecule has 136 valence electrons. The predicted molar refractivity (Wildman–Crippen MR) is 106 cm³/mol. The molecule has 2 amide bonds. The molecule has 0 bridgehead atoms. The third-order valence-electron chi connectivity index (χ3n) is 3.34. The van der Waals surface area contributed by atoms with E-state index in [0.717, 1.165) is 5.56 Å². The van der Waals surface area contributed by atoms with E-state index in [2.05, 4.69) is 21.5 Å². The second-order valence-corrected chi connectivity index (χ2v) is 6.18. The zero-order valence-corrected chi connectivity index (χ0v) is 15.5. The highest BCUT2D eigenvalue weighted by Crippen LogP contribution is 2.20. The Kier molecular flexibility index (Phi) is 7.85. The summed E-state index contributed by atoms with van der Waals surface area (Å²) in [5.74, 6) is -0.638. The molecule has 6 nitrogen and oxygen atoms in total. The number of thiocarbonyl (C=S) groups is 1. The van der Waals surface area contributed by atoms with Gasteiger partial charge < -0.3 is 10.6 Å². The molecule has 0 aliphatic heterocycles. The fourth-order valence-corrected chi connectivity index (χ4v) is 2.32. The number of halogens is 1. The van der Waals surface area contributed by atoms with Crippen molar-refractivity contribution in [2.24, 2.45) is 0 Å². The zero-order valence-electron chi connectivity index (χ0n) is 13.9. The smallest absolute Gasteiger partial charge is 0.238 e. The van der Waals surface area contributed by atoms with E-state index < -0.39 is 0 Å². The number of amides is 2. The maximum Gasteiger partial charge on any atom is 0.238 e. The maximum absolute atomic E-state index is 11.9. The minimum Gasteiger partial charge on any atom is -0.357 e. The van der Waals surface area contributed by atoms with Crippen LogP contribution in [0, 0.1) is 0 Å². The summed E-state index contributed by atoms with van der Waals surface area (Å²) in [7, 11) is 0. The van der Waals surface area contributed by atoms with Crippen LogP contribution >= 0.6 is 23.8 Å². The van der Waals surface area contributed by atoms with Gasteiger partial charge in [-0.05, 0) is 29.9 Å². The lowest BCUT2D eigenvalue weighted by atomic mass is 10.2. The fraction of sp³-hybridized carbons (Fsp3) is 0.167. The number of hydrogen-bond donors (Lipinski definition) is 4. The SMILES string of the molecule is O=C(CCC(=O)Nc1ccccc1Cl)NNC(=S)NCc1ccccc1. The van der Waals surface area contributed by atoms with Crippen molar-refractivity contribution in [1.82, 2.24) is 16.2 Å². The molecule has 8 heteroatoms. The van der Waals surface area contributed by atoms with Crippen molar-refractivity contribution in [3.05, 3.63) is 65.2 Å². The summed E-state index contributed by atoms with van der Waals surface area (Å²) in [4.78, 5) is 23.6. The van der Waals surface area contributed by atoms with E-state index in [4.69, 9.17) is 23.8 Å². The van der Waals surface area contributed by atoms with Gasteiger partial charge in [0.05, 0.1) is 10.7 Å². The van der Waals surface area contributed by atoms with Crippen molar-refractivity contribution in [3.8, 4) is 0 Å². The summed E-state index contributed by atoms with van der Waals surface area (Å²) >= 11 is 11.0. The first-order chi connectivity index (χ1) is 12.5. The first-order valence-corrected chi connectivity index (χ1v) is 8.74. The molecule has 26 heavy (non-hydrogen) atoms. The summed E-state index contributed by atoms with van der Waals surface area (Å²) in [6.45, 7) is 0.544. The minimum absolute atomic E-state index is 0.0184. The summed E-state index contributed by atoms with van der Waals surface area (Å²) in [6, 6.07) is 16.6. The molecule has 0 fully saturated rings. The Morgan fingerprint density at radius 3 is 2.27 bits per heavy atom. The first kappa shape index (κ1) is 19.7. The molecule has 2 aromatic rings. The lowest BCUT2D eigenvalue weighted by Crippen LogP contribution is -2.46. The van der Waals surface area contributed by atoms with Crippen molar-refractivity contribution in [2.75, 3.05) is 5.32 Å². The van der Waals surface area contributed by atoms with Crippen molar-refractivity contribution in [1.29, 1.82) is 0 Å². The van der Waals surface area contributed by atoms with E-state index in [1.165, 1.54) is 0 Å². The van der Waals surface area contributed by atoms with Crippen LogP contribution in [0.2, 0.25) is 5.02 Å². The second kappa shape index (κ2) is 10.4. The Morgan fingerprint density at radius 2 is 1.54 bits per heavy atom. The number of carbonyl (C=O) groups excluding carboxylic acids is 2. The number of carbonyl (C=O) groups is 2. The lowest BCUT2D eigenvalue weighted by molar-refractivity contribution is -0.124. The van der Waals surface area contributed by atoms with Crippen molar-refractivity contribution >= 4 is 46.4 Å². The Hall–Kier alpha value is -2.64.